The van der Waals surface area contributed by atoms with Crippen LogP contribution in [0.4, 0.5) is 0 Å². The summed E-state index contributed by atoms with van der Waals surface area (Å²) in [6, 6.07) is 8.75. The first-order chi connectivity index (χ1) is 9.20. The average molecular weight is 257 g/mol. The highest BCUT2D eigenvalue weighted by Gasteiger charge is 2.14. The molecule has 0 saturated carbocycles. The molecule has 0 aromatic carbocycles. The highest BCUT2D eigenvalue weighted by atomic mass is 16.5. The summed E-state index contributed by atoms with van der Waals surface area (Å²) in [4.78, 5) is 19.8. The lowest BCUT2D eigenvalue weighted by molar-refractivity contribution is -0.142. The van der Waals surface area contributed by atoms with E-state index in [1.807, 2.05) is 30.3 Å². The predicted octanol–water partition coefficient (Wildman–Crippen LogP) is 1.19. The molecular weight excluding hydrogens is 242 g/mol. The quantitative estimate of drug-likeness (QED) is 0.832. The topological polar surface area (TPSA) is 78.1 Å². The van der Waals surface area contributed by atoms with Crippen LogP contribution in [0.25, 0.3) is 11.4 Å². The van der Waals surface area contributed by atoms with E-state index in [9.17, 15) is 4.79 Å². The fourth-order valence-corrected chi connectivity index (χ4v) is 1.70. The molecule has 5 heteroatoms. The molecule has 0 spiro atoms. The Kier molecular flexibility index (Phi) is 4.20. The maximum atomic E-state index is 11.2. The second kappa shape index (κ2) is 6.06. The Hall–Kier alpha value is -2.27. The van der Waals surface area contributed by atoms with Crippen molar-refractivity contribution in [3.63, 3.8) is 0 Å². The molecule has 2 aromatic heterocycles. The summed E-state index contributed by atoms with van der Waals surface area (Å²) in [7, 11) is 1.32. The molecule has 0 amide bonds. The summed E-state index contributed by atoms with van der Waals surface area (Å²) >= 11 is 0. The Morgan fingerprint density at radius 1 is 1.26 bits per heavy atom. The first-order valence-electron chi connectivity index (χ1n) is 5.90. The molecule has 5 nitrogen and oxygen atoms in total. The van der Waals surface area contributed by atoms with Crippen LogP contribution >= 0.6 is 0 Å². The van der Waals surface area contributed by atoms with Crippen LogP contribution in [0.1, 0.15) is 5.56 Å². The third-order valence-electron chi connectivity index (χ3n) is 2.71. The summed E-state index contributed by atoms with van der Waals surface area (Å²) in [5, 5.41) is 0. The molecule has 0 unspecified atom stereocenters. The number of nitrogens with zero attached hydrogens (tertiary/aromatic N) is 2. The number of carbonyl (C=O) groups excluding carboxylic acids is 1. The largest absolute Gasteiger partial charge is 0.468 e. The summed E-state index contributed by atoms with van der Waals surface area (Å²) in [6.45, 7) is 0. The van der Waals surface area contributed by atoms with Crippen molar-refractivity contribution in [1.29, 1.82) is 0 Å². The SMILES string of the molecule is COC(=O)[C@H](N)Cc1ccc(-c2ccccn2)nc1. The Labute approximate surface area is 111 Å². The summed E-state index contributed by atoms with van der Waals surface area (Å²) < 4.78 is 4.58. The number of esters is 1. The van der Waals surface area contributed by atoms with Gasteiger partial charge in [-0.25, -0.2) is 0 Å². The van der Waals surface area contributed by atoms with E-state index in [4.69, 9.17) is 5.73 Å². The van der Waals surface area contributed by atoms with Crippen LogP contribution in [0.3, 0.4) is 0 Å². The van der Waals surface area contributed by atoms with Crippen LogP contribution in [0.2, 0.25) is 0 Å². The second-order valence-electron chi connectivity index (χ2n) is 4.10. The number of nitrogens with two attached hydrogens (primary N) is 1. The number of hydrogen-bond donors (Lipinski definition) is 1. The van der Waals surface area contributed by atoms with Crippen molar-refractivity contribution in [2.75, 3.05) is 7.11 Å². The van der Waals surface area contributed by atoms with Gasteiger partial charge in [-0.15, -0.1) is 0 Å². The van der Waals surface area contributed by atoms with E-state index in [0.29, 0.717) is 6.42 Å². The highest BCUT2D eigenvalue weighted by Crippen LogP contribution is 2.14. The summed E-state index contributed by atoms with van der Waals surface area (Å²) in [6.07, 6.45) is 3.83. The zero-order valence-electron chi connectivity index (χ0n) is 10.6. The Bertz CT molecular complexity index is 540. The number of pyridine rings is 2. The van der Waals surface area contributed by atoms with Gasteiger partial charge < -0.3 is 10.5 Å². The van der Waals surface area contributed by atoms with Crippen molar-refractivity contribution >= 4 is 5.97 Å². The molecule has 0 aliphatic heterocycles. The third-order valence-corrected chi connectivity index (χ3v) is 2.71. The molecule has 0 bridgehead atoms. The maximum Gasteiger partial charge on any atom is 0.322 e. The van der Waals surface area contributed by atoms with Crippen LogP contribution in [0.15, 0.2) is 42.7 Å². The number of aromatic nitrogens is 2. The van der Waals surface area contributed by atoms with Gasteiger partial charge in [-0.1, -0.05) is 12.1 Å². The molecule has 2 heterocycles. The molecule has 0 aliphatic carbocycles. The van der Waals surface area contributed by atoms with Crippen molar-refractivity contribution in [1.82, 2.24) is 9.97 Å². The molecule has 0 radical (unpaired) electrons. The Morgan fingerprint density at radius 2 is 2.05 bits per heavy atom. The zero-order valence-corrected chi connectivity index (χ0v) is 10.6. The lowest BCUT2D eigenvalue weighted by Gasteiger charge is -2.09. The van der Waals surface area contributed by atoms with E-state index in [0.717, 1.165) is 17.0 Å². The van der Waals surface area contributed by atoms with E-state index in [1.165, 1.54) is 7.11 Å². The van der Waals surface area contributed by atoms with Crippen molar-refractivity contribution in [2.45, 2.75) is 12.5 Å². The number of methoxy groups -OCH3 is 1. The second-order valence-corrected chi connectivity index (χ2v) is 4.10. The lowest BCUT2D eigenvalue weighted by Crippen LogP contribution is -2.33. The predicted molar refractivity (Wildman–Crippen MR) is 71.2 cm³/mol. The first-order valence-corrected chi connectivity index (χ1v) is 5.90. The van der Waals surface area contributed by atoms with Gasteiger partial charge >= 0.3 is 5.97 Å². The van der Waals surface area contributed by atoms with Gasteiger partial charge in [-0.05, 0) is 30.2 Å². The van der Waals surface area contributed by atoms with Crippen molar-refractivity contribution in [2.24, 2.45) is 5.73 Å². The number of rotatable bonds is 4. The maximum absolute atomic E-state index is 11.2. The van der Waals surface area contributed by atoms with E-state index in [-0.39, 0.29) is 0 Å². The van der Waals surface area contributed by atoms with Gasteiger partial charge in [0.1, 0.15) is 6.04 Å². The van der Waals surface area contributed by atoms with E-state index >= 15 is 0 Å². The van der Waals surface area contributed by atoms with Crippen molar-refractivity contribution in [3.8, 4) is 11.4 Å². The first kappa shape index (κ1) is 13.2. The van der Waals surface area contributed by atoms with Crippen molar-refractivity contribution < 1.29 is 9.53 Å². The molecule has 0 fully saturated rings. The standard InChI is InChI=1S/C14H15N3O2/c1-19-14(18)11(15)8-10-5-6-13(17-9-10)12-4-2-3-7-16-12/h2-7,9,11H,8,15H2,1H3/t11-/m1/s1. The molecule has 2 N–H and O–H groups in total. The minimum atomic E-state index is -0.660. The van der Waals surface area contributed by atoms with Gasteiger partial charge in [-0.3, -0.25) is 14.8 Å². The molecule has 98 valence electrons. The minimum absolute atomic E-state index is 0.405. The fraction of sp³-hybridized carbons (Fsp3) is 0.214. The number of carbonyl (C=O) groups is 1. The van der Waals surface area contributed by atoms with E-state index in [1.54, 1.807) is 12.4 Å². The molecule has 19 heavy (non-hydrogen) atoms. The molecule has 2 aromatic rings. The number of hydrogen-bond acceptors (Lipinski definition) is 5. The molecule has 2 rings (SSSR count). The Balaban J connectivity index is 2.09. The van der Waals surface area contributed by atoms with Crippen LogP contribution in [-0.4, -0.2) is 29.1 Å². The molecular formula is C14H15N3O2. The third kappa shape index (κ3) is 3.35. The van der Waals surface area contributed by atoms with E-state index < -0.39 is 12.0 Å². The average Bonchev–Trinajstić information content (AvgIpc) is 2.48. The summed E-state index contributed by atoms with van der Waals surface area (Å²) in [5.74, 6) is -0.422. The van der Waals surface area contributed by atoms with Crippen LogP contribution in [-0.2, 0) is 16.0 Å². The number of ether oxygens (including phenoxy) is 1. The van der Waals surface area contributed by atoms with Crippen molar-refractivity contribution in [3.05, 3.63) is 48.3 Å². The Morgan fingerprint density at radius 3 is 2.63 bits per heavy atom. The van der Waals surface area contributed by atoms with Gasteiger partial charge in [0.25, 0.3) is 0 Å². The monoisotopic (exact) mass is 257 g/mol. The fourth-order valence-electron chi connectivity index (χ4n) is 1.70. The van der Waals surface area contributed by atoms with Gasteiger partial charge in [-0.2, -0.15) is 0 Å². The van der Waals surface area contributed by atoms with Crippen LogP contribution in [0, 0.1) is 0 Å². The molecule has 0 saturated heterocycles. The minimum Gasteiger partial charge on any atom is -0.468 e. The summed E-state index contributed by atoms with van der Waals surface area (Å²) in [5.41, 5.74) is 8.18. The molecule has 0 aliphatic rings. The smallest absolute Gasteiger partial charge is 0.322 e. The zero-order chi connectivity index (χ0) is 13.7. The van der Waals surface area contributed by atoms with E-state index in [2.05, 4.69) is 14.7 Å². The van der Waals surface area contributed by atoms with Crippen LogP contribution in [0.5, 0.6) is 0 Å². The van der Waals surface area contributed by atoms with Crippen LogP contribution < -0.4 is 5.73 Å². The van der Waals surface area contributed by atoms with Gasteiger partial charge in [0.15, 0.2) is 0 Å². The normalized spacial score (nSPS) is 11.9. The van der Waals surface area contributed by atoms with Gasteiger partial charge in [0.2, 0.25) is 0 Å². The lowest BCUT2D eigenvalue weighted by atomic mass is 10.1. The highest BCUT2D eigenvalue weighted by molar-refractivity contribution is 5.75. The molecule has 1 atom stereocenters. The van der Waals surface area contributed by atoms with Gasteiger partial charge in [0, 0.05) is 12.4 Å². The van der Waals surface area contributed by atoms with Gasteiger partial charge in [0.05, 0.1) is 18.5 Å².